The molecule has 0 saturated heterocycles. The van der Waals surface area contributed by atoms with Crippen molar-refractivity contribution < 1.29 is 0 Å². The molecule has 3 rings (SSSR count). The average molecular weight is 263 g/mol. The van der Waals surface area contributed by atoms with Crippen LogP contribution in [0.25, 0.3) is 0 Å². The SMILES string of the molecule is CNC1C(CN2CCn3cnnc3C2)CCC1(C)C. The molecule has 2 heterocycles. The Balaban J connectivity index is 1.64. The number of aromatic nitrogens is 3. The summed E-state index contributed by atoms with van der Waals surface area (Å²) in [6.45, 7) is 9.07. The zero-order chi connectivity index (χ0) is 13.5. The van der Waals surface area contributed by atoms with Gasteiger partial charge < -0.3 is 9.88 Å². The molecule has 1 aromatic rings. The van der Waals surface area contributed by atoms with E-state index in [0.29, 0.717) is 11.5 Å². The molecule has 5 heteroatoms. The minimum Gasteiger partial charge on any atom is -0.316 e. The summed E-state index contributed by atoms with van der Waals surface area (Å²) < 4.78 is 2.17. The predicted octanol–water partition coefficient (Wildman–Crippen LogP) is 1.12. The largest absolute Gasteiger partial charge is 0.316 e. The number of fused-ring (bicyclic) bond motifs is 1. The van der Waals surface area contributed by atoms with Crippen molar-refractivity contribution in [1.82, 2.24) is 25.0 Å². The smallest absolute Gasteiger partial charge is 0.147 e. The Morgan fingerprint density at radius 3 is 3.05 bits per heavy atom. The van der Waals surface area contributed by atoms with Gasteiger partial charge in [0.15, 0.2) is 0 Å². The molecule has 1 aromatic heterocycles. The first-order valence-electron chi connectivity index (χ1n) is 7.36. The number of hydrogen-bond acceptors (Lipinski definition) is 4. The number of nitrogens with one attached hydrogen (secondary N) is 1. The molecule has 2 aliphatic rings. The predicted molar refractivity (Wildman–Crippen MR) is 74.7 cm³/mol. The van der Waals surface area contributed by atoms with Gasteiger partial charge in [-0.05, 0) is 31.2 Å². The molecule has 0 amide bonds. The molecular weight excluding hydrogens is 238 g/mol. The van der Waals surface area contributed by atoms with Crippen LogP contribution in [-0.4, -0.2) is 45.8 Å². The molecule has 1 fully saturated rings. The van der Waals surface area contributed by atoms with E-state index in [-0.39, 0.29) is 0 Å². The van der Waals surface area contributed by atoms with Gasteiger partial charge >= 0.3 is 0 Å². The van der Waals surface area contributed by atoms with E-state index in [1.54, 1.807) is 0 Å². The van der Waals surface area contributed by atoms with E-state index in [4.69, 9.17) is 0 Å². The van der Waals surface area contributed by atoms with Crippen LogP contribution in [0.3, 0.4) is 0 Å². The molecule has 19 heavy (non-hydrogen) atoms. The van der Waals surface area contributed by atoms with Gasteiger partial charge in [-0.15, -0.1) is 10.2 Å². The van der Waals surface area contributed by atoms with Gasteiger partial charge in [0.1, 0.15) is 12.2 Å². The van der Waals surface area contributed by atoms with E-state index >= 15 is 0 Å². The molecule has 1 aliphatic carbocycles. The zero-order valence-electron chi connectivity index (χ0n) is 12.3. The monoisotopic (exact) mass is 263 g/mol. The topological polar surface area (TPSA) is 46.0 Å². The molecule has 0 spiro atoms. The van der Waals surface area contributed by atoms with Gasteiger partial charge in [0.25, 0.3) is 0 Å². The zero-order valence-corrected chi connectivity index (χ0v) is 12.3. The highest BCUT2D eigenvalue weighted by molar-refractivity contribution is 4.98. The number of rotatable bonds is 3. The van der Waals surface area contributed by atoms with Gasteiger partial charge in [0, 0.05) is 25.7 Å². The molecule has 1 aliphatic heterocycles. The van der Waals surface area contributed by atoms with Gasteiger partial charge in [-0.25, -0.2) is 0 Å². The Morgan fingerprint density at radius 1 is 1.42 bits per heavy atom. The Morgan fingerprint density at radius 2 is 2.26 bits per heavy atom. The van der Waals surface area contributed by atoms with Gasteiger partial charge in [-0.1, -0.05) is 13.8 Å². The summed E-state index contributed by atoms with van der Waals surface area (Å²) in [7, 11) is 2.11. The van der Waals surface area contributed by atoms with Crippen LogP contribution in [0.2, 0.25) is 0 Å². The van der Waals surface area contributed by atoms with E-state index in [0.717, 1.165) is 31.4 Å². The van der Waals surface area contributed by atoms with Gasteiger partial charge in [-0.3, -0.25) is 4.90 Å². The molecule has 2 unspecified atom stereocenters. The summed E-state index contributed by atoms with van der Waals surface area (Å²) in [5.74, 6) is 1.87. The van der Waals surface area contributed by atoms with Crippen molar-refractivity contribution in [3.05, 3.63) is 12.2 Å². The second-order valence-electron chi connectivity index (χ2n) is 6.73. The van der Waals surface area contributed by atoms with Crippen LogP contribution in [0.1, 0.15) is 32.5 Å². The van der Waals surface area contributed by atoms with Crippen LogP contribution >= 0.6 is 0 Å². The van der Waals surface area contributed by atoms with Crippen molar-refractivity contribution in [3.63, 3.8) is 0 Å². The van der Waals surface area contributed by atoms with E-state index in [1.165, 1.54) is 19.4 Å². The van der Waals surface area contributed by atoms with Crippen molar-refractivity contribution >= 4 is 0 Å². The van der Waals surface area contributed by atoms with Gasteiger partial charge in [-0.2, -0.15) is 0 Å². The molecule has 1 saturated carbocycles. The maximum Gasteiger partial charge on any atom is 0.147 e. The molecule has 1 N–H and O–H groups in total. The maximum atomic E-state index is 4.21. The van der Waals surface area contributed by atoms with E-state index in [1.807, 2.05) is 6.33 Å². The molecule has 0 bridgehead atoms. The summed E-state index contributed by atoms with van der Waals surface area (Å²) in [4.78, 5) is 2.54. The standard InChI is InChI=1S/C14H25N5/c1-14(2)5-4-11(13(14)15-3)8-18-6-7-19-10-16-17-12(19)9-18/h10-11,13,15H,4-9H2,1-3H3. The second kappa shape index (κ2) is 4.87. The average Bonchev–Trinajstić information content (AvgIpc) is 2.93. The summed E-state index contributed by atoms with van der Waals surface area (Å²) in [5.41, 5.74) is 0.426. The third-order valence-corrected chi connectivity index (χ3v) is 4.99. The summed E-state index contributed by atoms with van der Waals surface area (Å²) in [6, 6.07) is 0.632. The first kappa shape index (κ1) is 13.1. The van der Waals surface area contributed by atoms with E-state index in [2.05, 4.69) is 45.9 Å². The molecule has 0 radical (unpaired) electrons. The van der Waals surface area contributed by atoms with Crippen molar-refractivity contribution in [2.45, 2.75) is 45.8 Å². The first-order valence-corrected chi connectivity index (χ1v) is 7.36. The lowest BCUT2D eigenvalue weighted by Gasteiger charge is -2.34. The highest BCUT2D eigenvalue weighted by atomic mass is 15.3. The molecule has 2 atom stereocenters. The third kappa shape index (κ3) is 2.41. The van der Waals surface area contributed by atoms with Crippen LogP contribution in [0, 0.1) is 11.3 Å². The maximum absolute atomic E-state index is 4.21. The quantitative estimate of drug-likeness (QED) is 0.887. The lowest BCUT2D eigenvalue weighted by molar-refractivity contribution is 0.159. The lowest BCUT2D eigenvalue weighted by Crippen LogP contribution is -2.45. The van der Waals surface area contributed by atoms with Gasteiger partial charge in [0.05, 0.1) is 6.54 Å². The van der Waals surface area contributed by atoms with Crippen molar-refractivity contribution in [2.24, 2.45) is 11.3 Å². The Hall–Kier alpha value is -0.940. The molecular formula is C14H25N5. The van der Waals surface area contributed by atoms with Crippen molar-refractivity contribution in [2.75, 3.05) is 20.1 Å². The number of hydrogen-bond donors (Lipinski definition) is 1. The molecule has 5 nitrogen and oxygen atoms in total. The Kier molecular flexibility index (Phi) is 3.35. The fourth-order valence-corrected chi connectivity index (χ4v) is 3.94. The highest BCUT2D eigenvalue weighted by Crippen LogP contribution is 2.41. The lowest BCUT2D eigenvalue weighted by atomic mass is 9.85. The molecule has 106 valence electrons. The van der Waals surface area contributed by atoms with Crippen molar-refractivity contribution in [1.29, 1.82) is 0 Å². The Labute approximate surface area is 115 Å². The van der Waals surface area contributed by atoms with Crippen LogP contribution in [-0.2, 0) is 13.1 Å². The minimum atomic E-state index is 0.426. The summed E-state index contributed by atoms with van der Waals surface area (Å²) in [5, 5.41) is 11.8. The van der Waals surface area contributed by atoms with E-state index < -0.39 is 0 Å². The fraction of sp³-hybridized carbons (Fsp3) is 0.857. The van der Waals surface area contributed by atoms with Crippen LogP contribution in [0.5, 0.6) is 0 Å². The van der Waals surface area contributed by atoms with Crippen LogP contribution in [0.4, 0.5) is 0 Å². The molecule has 0 aromatic carbocycles. The Bertz CT molecular complexity index is 439. The fourth-order valence-electron chi connectivity index (χ4n) is 3.94. The minimum absolute atomic E-state index is 0.426. The van der Waals surface area contributed by atoms with Crippen LogP contribution in [0.15, 0.2) is 6.33 Å². The first-order chi connectivity index (χ1) is 9.10. The number of nitrogens with zero attached hydrogens (tertiary/aromatic N) is 4. The van der Waals surface area contributed by atoms with Crippen LogP contribution < -0.4 is 5.32 Å². The van der Waals surface area contributed by atoms with Crippen molar-refractivity contribution in [3.8, 4) is 0 Å². The normalized spacial score (nSPS) is 30.5. The highest BCUT2D eigenvalue weighted by Gasteiger charge is 2.41. The summed E-state index contributed by atoms with van der Waals surface area (Å²) in [6.07, 6.45) is 4.51. The van der Waals surface area contributed by atoms with Gasteiger partial charge in [0.2, 0.25) is 0 Å². The third-order valence-electron chi connectivity index (χ3n) is 4.99. The summed E-state index contributed by atoms with van der Waals surface area (Å²) >= 11 is 0. The second-order valence-corrected chi connectivity index (χ2v) is 6.73. The van der Waals surface area contributed by atoms with E-state index in [9.17, 15) is 0 Å².